The molecule has 3 fully saturated rings. The van der Waals surface area contributed by atoms with Crippen LogP contribution >= 0.6 is 0 Å². The standard InChI is InChI=1S/C14H21N2O.C5H5.Fe/c1-3-14(12-7-4-5-8-12)15-16-10-6-9-13(16)11-17-2;1-2-4-5-3-1;/h4-5,7-8,13H,3,6,9-11H2,1-2H3;1-5H;/q;;+2/b15-14+;;/t13-;;/m0../s1. The first kappa shape index (κ1) is 21.0. The largest absolute Gasteiger partial charge is 2.00 e. The van der Waals surface area contributed by atoms with Crippen LogP contribution in [0.2, 0.25) is 0 Å². The minimum absolute atomic E-state index is 0. The van der Waals surface area contributed by atoms with Crippen LogP contribution in [0, 0.1) is 63.7 Å². The maximum atomic E-state index is 5.25. The van der Waals surface area contributed by atoms with Gasteiger partial charge in [-0.2, -0.15) is 5.10 Å². The van der Waals surface area contributed by atoms with E-state index in [0.29, 0.717) is 6.04 Å². The quantitative estimate of drug-likeness (QED) is 0.559. The van der Waals surface area contributed by atoms with Gasteiger partial charge in [-0.1, -0.05) is 6.92 Å². The topological polar surface area (TPSA) is 24.8 Å². The van der Waals surface area contributed by atoms with E-state index < -0.39 is 0 Å². The molecule has 0 bridgehead atoms. The molecule has 23 heavy (non-hydrogen) atoms. The van der Waals surface area contributed by atoms with Gasteiger partial charge in [-0.3, -0.25) is 5.01 Å². The molecular weight excluding hydrogens is 328 g/mol. The summed E-state index contributed by atoms with van der Waals surface area (Å²) in [5.41, 5.74) is 1.18. The molecule has 1 atom stereocenters. The van der Waals surface area contributed by atoms with Crippen LogP contribution < -0.4 is 0 Å². The van der Waals surface area contributed by atoms with Crippen LogP contribution in [0.25, 0.3) is 0 Å². The molecule has 0 aromatic carbocycles. The van der Waals surface area contributed by atoms with Gasteiger partial charge in [0.15, 0.2) is 0 Å². The molecule has 0 N–H and O–H groups in total. The summed E-state index contributed by atoms with van der Waals surface area (Å²) in [6.07, 6.45) is 21.8. The Morgan fingerprint density at radius 1 is 1.13 bits per heavy atom. The molecule has 10 radical (unpaired) electrons. The van der Waals surface area contributed by atoms with E-state index in [1.807, 2.05) is 32.1 Å². The Balaban J connectivity index is 0.000000377. The van der Waals surface area contributed by atoms with Crippen molar-refractivity contribution in [2.24, 2.45) is 5.10 Å². The van der Waals surface area contributed by atoms with Crippen LogP contribution in [0.5, 0.6) is 0 Å². The molecule has 1 aliphatic heterocycles. The first-order chi connectivity index (χ1) is 10.8. The van der Waals surface area contributed by atoms with Gasteiger partial charge in [-0.25, -0.2) is 0 Å². The second kappa shape index (κ2) is 12.3. The van der Waals surface area contributed by atoms with Crippen LogP contribution in [0.1, 0.15) is 26.2 Å². The van der Waals surface area contributed by atoms with Gasteiger partial charge in [0.2, 0.25) is 0 Å². The first-order valence-corrected chi connectivity index (χ1v) is 8.07. The molecule has 3 aliphatic rings. The summed E-state index contributed by atoms with van der Waals surface area (Å²) >= 11 is 0. The zero-order valence-electron chi connectivity index (χ0n) is 14.0. The third kappa shape index (κ3) is 7.15. The monoisotopic (exact) mass is 354 g/mol. The van der Waals surface area contributed by atoms with Gasteiger partial charge in [0.25, 0.3) is 0 Å². The van der Waals surface area contributed by atoms with Gasteiger partial charge in [0.05, 0.1) is 12.6 Å². The van der Waals surface area contributed by atoms with E-state index in [1.165, 1.54) is 24.5 Å². The fourth-order valence-electron chi connectivity index (χ4n) is 2.69. The molecule has 0 spiro atoms. The van der Waals surface area contributed by atoms with Crippen LogP contribution in [0.15, 0.2) is 5.10 Å². The zero-order chi connectivity index (χ0) is 15.6. The molecule has 0 aromatic rings. The summed E-state index contributed by atoms with van der Waals surface area (Å²) in [6, 6.07) is 0.455. The van der Waals surface area contributed by atoms with E-state index in [-0.39, 0.29) is 17.1 Å². The van der Waals surface area contributed by atoms with Crippen molar-refractivity contribution in [3.63, 3.8) is 0 Å². The van der Waals surface area contributed by atoms with E-state index in [4.69, 9.17) is 9.84 Å². The van der Waals surface area contributed by atoms with Gasteiger partial charge in [0.1, 0.15) is 0 Å². The minimum atomic E-state index is 0. The molecule has 2 aliphatic carbocycles. The van der Waals surface area contributed by atoms with Crippen LogP contribution in [0.3, 0.4) is 0 Å². The fourth-order valence-corrected chi connectivity index (χ4v) is 2.69. The minimum Gasteiger partial charge on any atom is -0.382 e. The Bertz CT molecular complexity index is 318. The molecule has 3 nitrogen and oxygen atoms in total. The van der Waals surface area contributed by atoms with Crippen LogP contribution in [-0.2, 0) is 21.8 Å². The van der Waals surface area contributed by atoms with E-state index in [2.05, 4.69) is 37.6 Å². The molecule has 0 aromatic heterocycles. The number of ether oxygens (including phenoxy) is 1. The molecule has 0 amide bonds. The van der Waals surface area contributed by atoms with Crippen molar-refractivity contribution in [1.82, 2.24) is 5.01 Å². The van der Waals surface area contributed by atoms with Crippen LogP contribution in [0.4, 0.5) is 0 Å². The van der Waals surface area contributed by atoms with Crippen molar-refractivity contribution in [3.8, 4) is 0 Å². The third-order valence-corrected chi connectivity index (χ3v) is 3.84. The Morgan fingerprint density at radius 3 is 2.26 bits per heavy atom. The summed E-state index contributed by atoms with van der Waals surface area (Å²) < 4.78 is 5.25. The first-order valence-electron chi connectivity index (χ1n) is 8.07. The van der Waals surface area contributed by atoms with Crippen LogP contribution in [-0.4, -0.2) is 37.0 Å². The maximum Gasteiger partial charge on any atom is 2.00 e. The molecule has 0 unspecified atom stereocenters. The number of methoxy groups -OCH3 is 1. The average Bonchev–Trinajstić information content (AvgIpc) is 3.29. The smallest absolute Gasteiger partial charge is 0.382 e. The number of nitrogens with zero attached hydrogens (tertiary/aromatic N) is 2. The SMILES string of the molecule is CC/C(=N\N1CCC[C@H]1COC)[C]1[CH][CH][CH][CH]1.[CH]1[CH][CH][CH][CH]1.[Fe+2]. The molecule has 2 saturated carbocycles. The van der Waals surface area contributed by atoms with Crippen molar-refractivity contribution in [1.29, 1.82) is 0 Å². The van der Waals surface area contributed by atoms with E-state index in [0.717, 1.165) is 19.6 Å². The molecule has 4 heteroatoms. The fraction of sp³-hybridized carbons (Fsp3) is 0.421. The van der Waals surface area contributed by atoms with Crippen molar-refractivity contribution >= 4 is 5.71 Å². The van der Waals surface area contributed by atoms with Gasteiger partial charge >= 0.3 is 17.1 Å². The Kier molecular flexibility index (Phi) is 11.3. The van der Waals surface area contributed by atoms with Crippen molar-refractivity contribution in [2.45, 2.75) is 32.2 Å². The van der Waals surface area contributed by atoms with E-state index in [9.17, 15) is 0 Å². The molecule has 124 valence electrons. The number of hydrogen-bond donors (Lipinski definition) is 0. The second-order valence-corrected chi connectivity index (χ2v) is 5.45. The number of hydrogen-bond acceptors (Lipinski definition) is 3. The predicted molar refractivity (Wildman–Crippen MR) is 91.3 cm³/mol. The summed E-state index contributed by atoms with van der Waals surface area (Å²) in [4.78, 5) is 0. The molecular formula is C19H26FeN2O+2. The van der Waals surface area contributed by atoms with Gasteiger partial charge in [-0.15, -0.1) is 0 Å². The van der Waals surface area contributed by atoms with Gasteiger partial charge in [0, 0.05) is 25.3 Å². The summed E-state index contributed by atoms with van der Waals surface area (Å²) in [5, 5.41) is 7.01. The number of hydrazone groups is 1. The van der Waals surface area contributed by atoms with Crippen molar-refractivity contribution in [3.05, 3.63) is 63.7 Å². The van der Waals surface area contributed by atoms with E-state index >= 15 is 0 Å². The van der Waals surface area contributed by atoms with E-state index in [1.54, 1.807) is 7.11 Å². The average molecular weight is 354 g/mol. The molecule has 1 heterocycles. The summed E-state index contributed by atoms with van der Waals surface area (Å²) in [7, 11) is 1.76. The third-order valence-electron chi connectivity index (χ3n) is 3.84. The maximum absolute atomic E-state index is 5.25. The molecule has 3 rings (SSSR count). The summed E-state index contributed by atoms with van der Waals surface area (Å²) in [5.74, 6) is 1.25. The predicted octanol–water partition coefficient (Wildman–Crippen LogP) is 3.29. The van der Waals surface area contributed by atoms with Gasteiger partial charge < -0.3 is 4.74 Å². The zero-order valence-corrected chi connectivity index (χ0v) is 15.1. The number of rotatable bonds is 5. The Labute approximate surface area is 154 Å². The van der Waals surface area contributed by atoms with Gasteiger partial charge in [-0.05, 0) is 77.0 Å². The molecule has 1 saturated heterocycles. The van der Waals surface area contributed by atoms with Crippen molar-refractivity contribution in [2.75, 3.05) is 20.3 Å². The Hall–Kier alpha value is -0.0505. The van der Waals surface area contributed by atoms with Crippen molar-refractivity contribution < 1.29 is 21.8 Å². The Morgan fingerprint density at radius 2 is 1.74 bits per heavy atom. The second-order valence-electron chi connectivity index (χ2n) is 5.45. The summed E-state index contributed by atoms with van der Waals surface area (Å²) in [6.45, 7) is 3.99. The normalized spacial score (nSPS) is 25.2.